The fourth-order valence-electron chi connectivity index (χ4n) is 2.38. The number of nitriles is 1. The highest BCUT2D eigenvalue weighted by Gasteiger charge is 2.27. The second-order valence-corrected chi connectivity index (χ2v) is 4.85. The predicted octanol–water partition coefficient (Wildman–Crippen LogP) is 1.55. The number of nitrogens with zero attached hydrogens (tertiary/aromatic N) is 1. The van der Waals surface area contributed by atoms with Crippen molar-refractivity contribution in [3.63, 3.8) is 0 Å². The fourth-order valence-corrected chi connectivity index (χ4v) is 2.38. The van der Waals surface area contributed by atoms with Crippen molar-refractivity contribution in [3.8, 4) is 6.07 Å². The summed E-state index contributed by atoms with van der Waals surface area (Å²) in [7, 11) is 0. The van der Waals surface area contributed by atoms with Crippen molar-refractivity contribution in [3.05, 3.63) is 0 Å². The third-order valence-corrected chi connectivity index (χ3v) is 3.45. The van der Waals surface area contributed by atoms with Gasteiger partial charge in [-0.1, -0.05) is 0 Å². The summed E-state index contributed by atoms with van der Waals surface area (Å²) in [4.78, 5) is 0. The van der Waals surface area contributed by atoms with E-state index in [0.717, 1.165) is 18.6 Å². The number of hydrogen-bond acceptors (Lipinski definition) is 3. The van der Waals surface area contributed by atoms with Gasteiger partial charge in [0.15, 0.2) is 0 Å². The van der Waals surface area contributed by atoms with Gasteiger partial charge in [-0.2, -0.15) is 5.26 Å². The van der Waals surface area contributed by atoms with E-state index in [-0.39, 0.29) is 0 Å². The fraction of sp³-hybridized carbons (Fsp3) is 0.917. The summed E-state index contributed by atoms with van der Waals surface area (Å²) in [6.07, 6.45) is 8.58. The Morgan fingerprint density at radius 3 is 2.00 bits per heavy atom. The lowest BCUT2D eigenvalue weighted by Gasteiger charge is -2.29. The van der Waals surface area contributed by atoms with Gasteiger partial charge < -0.3 is 10.6 Å². The molecule has 0 aromatic carbocycles. The van der Waals surface area contributed by atoms with Crippen LogP contribution in [0.15, 0.2) is 0 Å². The molecule has 2 N–H and O–H groups in total. The van der Waals surface area contributed by atoms with Crippen LogP contribution in [0.3, 0.4) is 0 Å². The maximum atomic E-state index is 8.44. The summed E-state index contributed by atoms with van der Waals surface area (Å²) in [5.74, 6) is 0. The lowest BCUT2D eigenvalue weighted by Crippen LogP contribution is -2.40. The monoisotopic (exact) mass is 207 g/mol. The standard InChI is InChI=1S/C12H21N3/c13-8-1-9-14-10-2-4-11(5-3-10)15-12-6-7-12/h10-12,14-15H,1-7,9H2. The Morgan fingerprint density at radius 1 is 0.933 bits per heavy atom. The largest absolute Gasteiger partial charge is 0.313 e. The average Bonchev–Trinajstić information content (AvgIpc) is 3.05. The maximum Gasteiger partial charge on any atom is 0.0635 e. The van der Waals surface area contributed by atoms with Crippen molar-refractivity contribution >= 4 is 0 Å². The van der Waals surface area contributed by atoms with Crippen LogP contribution in [0.5, 0.6) is 0 Å². The highest BCUT2D eigenvalue weighted by atomic mass is 15.0. The third-order valence-electron chi connectivity index (χ3n) is 3.45. The molecule has 0 saturated heterocycles. The zero-order valence-electron chi connectivity index (χ0n) is 9.34. The highest BCUT2D eigenvalue weighted by Crippen LogP contribution is 2.25. The first kappa shape index (κ1) is 10.9. The Hall–Kier alpha value is -0.590. The quantitative estimate of drug-likeness (QED) is 0.672. The molecule has 2 aliphatic rings. The molecule has 84 valence electrons. The molecule has 15 heavy (non-hydrogen) atoms. The van der Waals surface area contributed by atoms with Crippen LogP contribution in [0, 0.1) is 11.3 Å². The minimum absolute atomic E-state index is 0.639. The van der Waals surface area contributed by atoms with Gasteiger partial charge in [-0.25, -0.2) is 0 Å². The lowest BCUT2D eigenvalue weighted by molar-refractivity contribution is 0.308. The van der Waals surface area contributed by atoms with Crippen molar-refractivity contribution in [1.82, 2.24) is 10.6 Å². The number of hydrogen-bond donors (Lipinski definition) is 2. The molecule has 0 aromatic rings. The minimum Gasteiger partial charge on any atom is -0.313 e. The van der Waals surface area contributed by atoms with Gasteiger partial charge in [-0.15, -0.1) is 0 Å². The molecule has 0 spiro atoms. The smallest absolute Gasteiger partial charge is 0.0635 e. The summed E-state index contributed by atoms with van der Waals surface area (Å²) >= 11 is 0. The van der Waals surface area contributed by atoms with Gasteiger partial charge in [0.2, 0.25) is 0 Å². The molecular formula is C12H21N3. The molecule has 0 amide bonds. The van der Waals surface area contributed by atoms with Gasteiger partial charge in [0.05, 0.1) is 6.07 Å². The molecule has 0 aliphatic heterocycles. The molecule has 0 unspecified atom stereocenters. The van der Waals surface area contributed by atoms with Crippen LogP contribution in [0.4, 0.5) is 0 Å². The van der Waals surface area contributed by atoms with Gasteiger partial charge >= 0.3 is 0 Å². The highest BCUT2D eigenvalue weighted by molar-refractivity contribution is 4.88. The zero-order chi connectivity index (χ0) is 10.5. The molecule has 3 nitrogen and oxygen atoms in total. The van der Waals surface area contributed by atoms with E-state index < -0.39 is 0 Å². The first-order chi connectivity index (χ1) is 7.38. The number of nitrogens with one attached hydrogen (secondary N) is 2. The second kappa shape index (κ2) is 5.48. The van der Waals surface area contributed by atoms with E-state index >= 15 is 0 Å². The van der Waals surface area contributed by atoms with E-state index in [1.165, 1.54) is 38.5 Å². The van der Waals surface area contributed by atoms with Crippen molar-refractivity contribution < 1.29 is 0 Å². The van der Waals surface area contributed by atoms with Crippen molar-refractivity contribution in [2.45, 2.75) is 63.1 Å². The SMILES string of the molecule is N#CCCNC1CCC(NC2CC2)CC1. The maximum absolute atomic E-state index is 8.44. The zero-order valence-corrected chi connectivity index (χ0v) is 9.34. The molecule has 0 atom stereocenters. The summed E-state index contributed by atoms with van der Waals surface area (Å²) in [6.45, 7) is 0.863. The lowest BCUT2D eigenvalue weighted by atomic mass is 9.91. The normalized spacial score (nSPS) is 31.1. The van der Waals surface area contributed by atoms with Crippen molar-refractivity contribution in [1.29, 1.82) is 5.26 Å². The van der Waals surface area contributed by atoms with Crippen LogP contribution in [-0.2, 0) is 0 Å². The average molecular weight is 207 g/mol. The third kappa shape index (κ3) is 3.81. The summed E-state index contributed by atoms with van der Waals surface area (Å²) < 4.78 is 0. The Kier molecular flexibility index (Phi) is 3.99. The minimum atomic E-state index is 0.639. The number of rotatable bonds is 5. The Labute approximate surface area is 92.2 Å². The van der Waals surface area contributed by atoms with E-state index in [0.29, 0.717) is 12.5 Å². The van der Waals surface area contributed by atoms with Gasteiger partial charge in [0.1, 0.15) is 0 Å². The van der Waals surface area contributed by atoms with E-state index in [1.807, 2.05) is 0 Å². The van der Waals surface area contributed by atoms with Crippen LogP contribution in [0.2, 0.25) is 0 Å². The van der Waals surface area contributed by atoms with E-state index in [2.05, 4.69) is 16.7 Å². The Morgan fingerprint density at radius 2 is 1.47 bits per heavy atom. The van der Waals surface area contributed by atoms with Crippen LogP contribution in [0.25, 0.3) is 0 Å². The first-order valence-corrected chi connectivity index (χ1v) is 6.25. The van der Waals surface area contributed by atoms with Gasteiger partial charge in [0.25, 0.3) is 0 Å². The summed E-state index contributed by atoms with van der Waals surface area (Å²) in [5.41, 5.74) is 0. The molecule has 0 aromatic heterocycles. The molecule has 0 heterocycles. The summed E-state index contributed by atoms with van der Waals surface area (Å²) in [5, 5.41) is 15.6. The molecule has 0 radical (unpaired) electrons. The van der Waals surface area contributed by atoms with Crippen LogP contribution < -0.4 is 10.6 Å². The Balaban J connectivity index is 1.57. The second-order valence-electron chi connectivity index (χ2n) is 4.85. The van der Waals surface area contributed by atoms with Gasteiger partial charge in [-0.3, -0.25) is 0 Å². The predicted molar refractivity (Wildman–Crippen MR) is 60.4 cm³/mol. The molecular weight excluding hydrogens is 186 g/mol. The Bertz CT molecular complexity index is 222. The topological polar surface area (TPSA) is 47.9 Å². The molecule has 2 fully saturated rings. The van der Waals surface area contributed by atoms with Crippen molar-refractivity contribution in [2.75, 3.05) is 6.54 Å². The van der Waals surface area contributed by atoms with E-state index in [4.69, 9.17) is 5.26 Å². The summed E-state index contributed by atoms with van der Waals surface area (Å²) in [6, 6.07) is 4.45. The molecule has 2 saturated carbocycles. The van der Waals surface area contributed by atoms with Crippen LogP contribution >= 0.6 is 0 Å². The van der Waals surface area contributed by atoms with Gasteiger partial charge in [0, 0.05) is 31.1 Å². The van der Waals surface area contributed by atoms with E-state index in [1.54, 1.807) is 0 Å². The van der Waals surface area contributed by atoms with E-state index in [9.17, 15) is 0 Å². The molecule has 3 heteroatoms. The van der Waals surface area contributed by atoms with Gasteiger partial charge in [-0.05, 0) is 38.5 Å². The first-order valence-electron chi connectivity index (χ1n) is 6.25. The molecule has 2 aliphatic carbocycles. The van der Waals surface area contributed by atoms with Crippen LogP contribution in [0.1, 0.15) is 44.9 Å². The van der Waals surface area contributed by atoms with Crippen molar-refractivity contribution in [2.24, 2.45) is 0 Å². The van der Waals surface area contributed by atoms with Crippen LogP contribution in [-0.4, -0.2) is 24.7 Å². The molecule has 0 bridgehead atoms. The molecule has 2 rings (SSSR count).